The zero-order chi connectivity index (χ0) is 18.4. The quantitative estimate of drug-likeness (QED) is 0.577. The number of nitro benzene ring substituents is 1. The topological polar surface area (TPSA) is 118 Å². The third-order valence-corrected chi connectivity index (χ3v) is 4.81. The van der Waals surface area contributed by atoms with Gasteiger partial charge in [0.05, 0.1) is 9.82 Å². The summed E-state index contributed by atoms with van der Waals surface area (Å²) in [5.74, 6) is -0.402. The van der Waals surface area contributed by atoms with Crippen molar-refractivity contribution >= 4 is 27.3 Å². The summed E-state index contributed by atoms with van der Waals surface area (Å²) in [5, 5.41) is 13.1. The molecule has 0 unspecified atom stereocenters. The van der Waals surface area contributed by atoms with Crippen molar-refractivity contribution in [1.82, 2.24) is 4.72 Å². The Balaban J connectivity index is 1.85. The highest BCUT2D eigenvalue weighted by atomic mass is 32.2. The van der Waals surface area contributed by atoms with Crippen LogP contribution in [0.1, 0.15) is 12.0 Å². The first kappa shape index (κ1) is 18.6. The van der Waals surface area contributed by atoms with E-state index in [2.05, 4.69) is 10.0 Å². The summed E-state index contributed by atoms with van der Waals surface area (Å²) in [6.07, 6.45) is -0.0674. The normalized spacial score (nSPS) is 11.1. The fourth-order valence-corrected chi connectivity index (χ4v) is 3.02. The highest BCUT2D eigenvalue weighted by Gasteiger charge is 2.14. The number of amides is 1. The van der Waals surface area contributed by atoms with Crippen LogP contribution in [0.25, 0.3) is 0 Å². The molecule has 0 fully saturated rings. The van der Waals surface area contributed by atoms with Crippen LogP contribution < -0.4 is 10.0 Å². The smallest absolute Gasteiger partial charge is 0.269 e. The first-order chi connectivity index (χ1) is 11.8. The molecule has 0 bridgehead atoms. The van der Waals surface area contributed by atoms with Gasteiger partial charge in [0.1, 0.15) is 0 Å². The SMILES string of the molecule is Cc1ccc(S(=O)(=O)NCCC(=O)Nc2ccc([N+](=O)[O-])cc2)cc1. The molecule has 0 aromatic heterocycles. The maximum atomic E-state index is 12.1. The monoisotopic (exact) mass is 363 g/mol. The Kier molecular flexibility index (Phi) is 5.84. The molecule has 0 heterocycles. The van der Waals surface area contributed by atoms with E-state index in [4.69, 9.17) is 0 Å². The molecule has 2 aromatic rings. The predicted molar refractivity (Wildman–Crippen MR) is 92.7 cm³/mol. The molecular formula is C16H17N3O5S. The van der Waals surface area contributed by atoms with Crippen molar-refractivity contribution in [2.75, 3.05) is 11.9 Å². The molecule has 2 rings (SSSR count). The van der Waals surface area contributed by atoms with E-state index in [1.807, 2.05) is 6.92 Å². The lowest BCUT2D eigenvalue weighted by Crippen LogP contribution is -2.27. The van der Waals surface area contributed by atoms with Crippen molar-refractivity contribution in [2.45, 2.75) is 18.2 Å². The number of non-ortho nitro benzene ring substituents is 1. The Morgan fingerprint density at radius 1 is 1.08 bits per heavy atom. The van der Waals surface area contributed by atoms with Crippen molar-refractivity contribution in [2.24, 2.45) is 0 Å². The average Bonchev–Trinajstić information content (AvgIpc) is 2.55. The van der Waals surface area contributed by atoms with E-state index in [1.165, 1.54) is 36.4 Å². The molecule has 8 nitrogen and oxygen atoms in total. The van der Waals surface area contributed by atoms with E-state index in [0.29, 0.717) is 5.69 Å². The van der Waals surface area contributed by atoms with Crippen LogP contribution in [0.5, 0.6) is 0 Å². The van der Waals surface area contributed by atoms with Crippen LogP contribution in [0.2, 0.25) is 0 Å². The van der Waals surface area contributed by atoms with Gasteiger partial charge in [0.15, 0.2) is 0 Å². The van der Waals surface area contributed by atoms with Crippen molar-refractivity contribution in [3.8, 4) is 0 Å². The summed E-state index contributed by atoms with van der Waals surface area (Å²) in [6, 6.07) is 11.7. The van der Waals surface area contributed by atoms with Gasteiger partial charge in [0.2, 0.25) is 15.9 Å². The number of carbonyl (C=O) groups excluding carboxylic acids is 1. The van der Waals surface area contributed by atoms with E-state index < -0.39 is 20.9 Å². The summed E-state index contributed by atoms with van der Waals surface area (Å²) in [6.45, 7) is 1.79. The molecule has 0 atom stereocenters. The van der Waals surface area contributed by atoms with Gasteiger partial charge in [-0.1, -0.05) is 17.7 Å². The Morgan fingerprint density at radius 2 is 1.68 bits per heavy atom. The van der Waals surface area contributed by atoms with Gasteiger partial charge < -0.3 is 5.32 Å². The first-order valence-electron chi connectivity index (χ1n) is 7.38. The van der Waals surface area contributed by atoms with E-state index in [1.54, 1.807) is 12.1 Å². The average molecular weight is 363 g/mol. The van der Waals surface area contributed by atoms with E-state index in [0.717, 1.165) is 5.56 Å². The number of nitro groups is 1. The molecule has 0 spiro atoms. The summed E-state index contributed by atoms with van der Waals surface area (Å²) >= 11 is 0. The molecular weight excluding hydrogens is 346 g/mol. The van der Waals surface area contributed by atoms with Gasteiger partial charge >= 0.3 is 0 Å². The zero-order valence-electron chi connectivity index (χ0n) is 13.4. The molecule has 0 saturated heterocycles. The second-order valence-electron chi connectivity index (χ2n) is 5.31. The van der Waals surface area contributed by atoms with E-state index in [-0.39, 0.29) is 23.5 Å². The number of rotatable bonds is 7. The molecule has 0 aliphatic carbocycles. The third-order valence-electron chi connectivity index (χ3n) is 3.34. The van der Waals surface area contributed by atoms with Gasteiger partial charge in [-0.15, -0.1) is 0 Å². The van der Waals surface area contributed by atoms with Crippen LogP contribution in [0.15, 0.2) is 53.4 Å². The van der Waals surface area contributed by atoms with Crippen molar-refractivity contribution in [3.63, 3.8) is 0 Å². The van der Waals surface area contributed by atoms with Crippen molar-refractivity contribution in [1.29, 1.82) is 0 Å². The number of carbonyl (C=O) groups is 1. The lowest BCUT2D eigenvalue weighted by molar-refractivity contribution is -0.384. The van der Waals surface area contributed by atoms with Gasteiger partial charge in [-0.3, -0.25) is 14.9 Å². The van der Waals surface area contributed by atoms with E-state index in [9.17, 15) is 23.3 Å². The highest BCUT2D eigenvalue weighted by Crippen LogP contribution is 2.15. The zero-order valence-corrected chi connectivity index (χ0v) is 14.2. The molecule has 1 amide bonds. The van der Waals surface area contributed by atoms with Crippen LogP contribution in [0, 0.1) is 17.0 Å². The molecule has 132 valence electrons. The lowest BCUT2D eigenvalue weighted by atomic mass is 10.2. The fourth-order valence-electron chi connectivity index (χ4n) is 1.99. The minimum Gasteiger partial charge on any atom is -0.326 e. The number of benzene rings is 2. The number of aryl methyl sites for hydroxylation is 1. The Morgan fingerprint density at radius 3 is 2.24 bits per heavy atom. The van der Waals surface area contributed by atoms with E-state index >= 15 is 0 Å². The summed E-state index contributed by atoms with van der Waals surface area (Å²) < 4.78 is 26.5. The predicted octanol–water partition coefficient (Wildman–Crippen LogP) is 2.21. The van der Waals surface area contributed by atoms with Gasteiger partial charge in [0.25, 0.3) is 5.69 Å². The van der Waals surface area contributed by atoms with Crippen LogP contribution in [-0.2, 0) is 14.8 Å². The summed E-state index contributed by atoms with van der Waals surface area (Å²) in [5.41, 5.74) is 1.27. The third kappa shape index (κ3) is 5.37. The van der Waals surface area contributed by atoms with Crippen LogP contribution >= 0.6 is 0 Å². The number of nitrogens with one attached hydrogen (secondary N) is 2. The second-order valence-corrected chi connectivity index (χ2v) is 7.08. The van der Waals surface area contributed by atoms with Gasteiger partial charge in [-0.25, -0.2) is 13.1 Å². The Bertz CT molecular complexity index is 862. The Hall–Kier alpha value is -2.78. The first-order valence-corrected chi connectivity index (χ1v) is 8.87. The Labute approximate surface area is 145 Å². The number of nitrogens with zero attached hydrogens (tertiary/aromatic N) is 1. The molecule has 25 heavy (non-hydrogen) atoms. The maximum Gasteiger partial charge on any atom is 0.269 e. The number of hydrogen-bond donors (Lipinski definition) is 2. The molecule has 0 saturated carbocycles. The molecule has 2 N–H and O–H groups in total. The van der Waals surface area contributed by atoms with Crippen LogP contribution in [0.4, 0.5) is 11.4 Å². The van der Waals surface area contributed by atoms with Gasteiger partial charge in [0, 0.05) is 30.8 Å². The molecule has 0 aliphatic heterocycles. The number of hydrogen-bond acceptors (Lipinski definition) is 5. The van der Waals surface area contributed by atoms with Crippen LogP contribution in [-0.4, -0.2) is 25.8 Å². The molecule has 0 radical (unpaired) electrons. The van der Waals surface area contributed by atoms with Gasteiger partial charge in [-0.2, -0.15) is 0 Å². The minimum absolute atomic E-state index is 0.0605. The van der Waals surface area contributed by atoms with Crippen molar-refractivity contribution in [3.05, 3.63) is 64.2 Å². The standard InChI is InChI=1S/C16H17N3O5S/c1-12-2-8-15(9-3-12)25(23,24)17-11-10-16(20)18-13-4-6-14(7-5-13)19(21)22/h2-9,17H,10-11H2,1H3,(H,18,20). The maximum absolute atomic E-state index is 12.1. The minimum atomic E-state index is -3.67. The molecule has 2 aromatic carbocycles. The largest absolute Gasteiger partial charge is 0.326 e. The second kappa shape index (κ2) is 7.86. The molecule has 9 heteroatoms. The summed E-state index contributed by atoms with van der Waals surface area (Å²) in [7, 11) is -3.67. The van der Waals surface area contributed by atoms with Crippen LogP contribution in [0.3, 0.4) is 0 Å². The number of sulfonamides is 1. The highest BCUT2D eigenvalue weighted by molar-refractivity contribution is 7.89. The van der Waals surface area contributed by atoms with Crippen molar-refractivity contribution < 1.29 is 18.1 Å². The van der Waals surface area contributed by atoms with Gasteiger partial charge in [-0.05, 0) is 31.2 Å². The lowest BCUT2D eigenvalue weighted by Gasteiger charge is -2.08. The fraction of sp³-hybridized carbons (Fsp3) is 0.188. The molecule has 0 aliphatic rings. The summed E-state index contributed by atoms with van der Waals surface area (Å²) in [4.78, 5) is 22.0. The number of anilines is 1.